The van der Waals surface area contributed by atoms with Crippen molar-refractivity contribution in [3.8, 4) is 0 Å². The van der Waals surface area contributed by atoms with Gasteiger partial charge in [0.25, 0.3) is 0 Å². The molecule has 3 rings (SSSR count). The van der Waals surface area contributed by atoms with Crippen molar-refractivity contribution in [1.29, 1.82) is 0 Å². The Hall–Kier alpha value is -2.63. The van der Waals surface area contributed by atoms with Crippen molar-refractivity contribution in [1.82, 2.24) is 15.2 Å². The third-order valence-corrected chi connectivity index (χ3v) is 3.99. The molecular weight excluding hydrogens is 292 g/mol. The molecule has 1 aliphatic rings. The van der Waals surface area contributed by atoms with Crippen molar-refractivity contribution in [2.45, 2.75) is 19.3 Å². The highest BCUT2D eigenvalue weighted by Crippen LogP contribution is 2.21. The van der Waals surface area contributed by atoms with E-state index in [-0.39, 0.29) is 11.9 Å². The largest absolute Gasteiger partial charge is 0.343 e. The maximum atomic E-state index is 12.0. The Bertz CT molecular complexity index is 711. The van der Waals surface area contributed by atoms with Crippen molar-refractivity contribution in [2.24, 2.45) is 0 Å². The van der Waals surface area contributed by atoms with Crippen molar-refractivity contribution in [3.63, 3.8) is 0 Å². The average Bonchev–Trinajstić information content (AvgIpc) is 2.97. The monoisotopic (exact) mass is 312 g/mol. The standard InChI is InChI=1S/C17H20N4O2/c22-16-6-2-10-21(16)11-3-8-19-17(23)20-15-5-1-4-13-12-18-9-7-14(13)15/h1,4-5,7,9,12H,2-3,6,8,10-11H2,(H2,19,20,23). The van der Waals surface area contributed by atoms with Crippen molar-refractivity contribution < 1.29 is 9.59 Å². The molecule has 0 aliphatic carbocycles. The number of rotatable bonds is 5. The molecule has 1 aliphatic heterocycles. The maximum Gasteiger partial charge on any atom is 0.319 e. The number of pyridine rings is 1. The van der Waals surface area contributed by atoms with Crippen LogP contribution in [0.2, 0.25) is 0 Å². The second-order valence-electron chi connectivity index (χ2n) is 5.62. The second kappa shape index (κ2) is 7.09. The van der Waals surface area contributed by atoms with E-state index in [0.29, 0.717) is 19.5 Å². The first-order chi connectivity index (χ1) is 11.2. The molecule has 1 saturated heterocycles. The molecule has 120 valence electrons. The zero-order chi connectivity index (χ0) is 16.1. The molecule has 2 heterocycles. The first kappa shape index (κ1) is 15.3. The predicted octanol–water partition coefficient (Wildman–Crippen LogP) is 2.37. The van der Waals surface area contributed by atoms with Crippen LogP contribution in [0.3, 0.4) is 0 Å². The number of hydrogen-bond donors (Lipinski definition) is 2. The Balaban J connectivity index is 1.48. The van der Waals surface area contributed by atoms with E-state index >= 15 is 0 Å². The molecule has 0 radical (unpaired) electrons. The summed E-state index contributed by atoms with van der Waals surface area (Å²) in [6.45, 7) is 2.09. The minimum Gasteiger partial charge on any atom is -0.343 e. The van der Waals surface area contributed by atoms with E-state index in [2.05, 4.69) is 15.6 Å². The first-order valence-electron chi connectivity index (χ1n) is 7.89. The Kier molecular flexibility index (Phi) is 4.71. The molecule has 0 spiro atoms. The summed E-state index contributed by atoms with van der Waals surface area (Å²) in [6.07, 6.45) is 5.84. The quantitative estimate of drug-likeness (QED) is 0.832. The molecule has 0 unspecified atom stereocenters. The minimum absolute atomic E-state index is 0.221. The molecule has 6 heteroatoms. The van der Waals surface area contributed by atoms with E-state index in [1.54, 1.807) is 12.4 Å². The third-order valence-electron chi connectivity index (χ3n) is 3.99. The number of anilines is 1. The molecule has 6 nitrogen and oxygen atoms in total. The number of likely N-dealkylation sites (tertiary alicyclic amines) is 1. The van der Waals surface area contributed by atoms with E-state index in [1.165, 1.54) is 0 Å². The van der Waals surface area contributed by atoms with Gasteiger partial charge in [0, 0.05) is 49.2 Å². The number of amides is 3. The molecule has 1 fully saturated rings. The number of benzene rings is 1. The lowest BCUT2D eigenvalue weighted by atomic mass is 10.1. The second-order valence-corrected chi connectivity index (χ2v) is 5.62. The molecule has 3 amide bonds. The highest BCUT2D eigenvalue weighted by atomic mass is 16.2. The number of nitrogens with zero attached hydrogens (tertiary/aromatic N) is 2. The molecule has 0 bridgehead atoms. The fourth-order valence-corrected chi connectivity index (χ4v) is 2.81. The summed E-state index contributed by atoms with van der Waals surface area (Å²) in [6, 6.07) is 7.35. The van der Waals surface area contributed by atoms with Crippen LogP contribution in [0.5, 0.6) is 0 Å². The van der Waals surface area contributed by atoms with E-state index in [1.807, 2.05) is 29.2 Å². The van der Waals surface area contributed by atoms with Crippen LogP contribution >= 0.6 is 0 Å². The lowest BCUT2D eigenvalue weighted by molar-refractivity contribution is -0.127. The number of fused-ring (bicyclic) bond motifs is 1. The van der Waals surface area contributed by atoms with Crippen LogP contribution in [-0.4, -0.2) is 41.5 Å². The van der Waals surface area contributed by atoms with E-state index in [4.69, 9.17) is 0 Å². The number of urea groups is 1. The molecule has 0 saturated carbocycles. The summed E-state index contributed by atoms with van der Waals surface area (Å²) in [5, 5.41) is 7.64. The first-order valence-corrected chi connectivity index (χ1v) is 7.89. The van der Waals surface area contributed by atoms with Crippen LogP contribution in [-0.2, 0) is 4.79 Å². The molecule has 0 atom stereocenters. The van der Waals surface area contributed by atoms with Gasteiger partial charge in [0.2, 0.25) is 5.91 Å². The molecule has 2 aromatic rings. The SMILES string of the molecule is O=C(NCCCN1CCCC1=O)Nc1cccc2cnccc12. The molecule has 1 aromatic heterocycles. The van der Waals surface area contributed by atoms with Crippen LogP contribution in [0.15, 0.2) is 36.7 Å². The summed E-state index contributed by atoms with van der Waals surface area (Å²) in [7, 11) is 0. The average molecular weight is 312 g/mol. The van der Waals surface area contributed by atoms with Gasteiger partial charge in [0.05, 0.1) is 5.69 Å². The van der Waals surface area contributed by atoms with Gasteiger partial charge in [-0.05, 0) is 25.0 Å². The lowest BCUT2D eigenvalue weighted by Gasteiger charge is -2.15. The van der Waals surface area contributed by atoms with Crippen molar-refractivity contribution in [2.75, 3.05) is 25.0 Å². The van der Waals surface area contributed by atoms with Crippen LogP contribution in [0.25, 0.3) is 10.8 Å². The van der Waals surface area contributed by atoms with Gasteiger partial charge in [-0.25, -0.2) is 4.79 Å². The molecule has 1 aromatic carbocycles. The minimum atomic E-state index is -0.234. The maximum absolute atomic E-state index is 12.0. The summed E-state index contributed by atoms with van der Waals surface area (Å²) in [4.78, 5) is 29.4. The Labute approximate surface area is 134 Å². The van der Waals surface area contributed by atoms with Gasteiger partial charge in [-0.1, -0.05) is 12.1 Å². The lowest BCUT2D eigenvalue weighted by Crippen LogP contribution is -2.33. The van der Waals surface area contributed by atoms with Gasteiger partial charge in [-0.3, -0.25) is 9.78 Å². The predicted molar refractivity (Wildman–Crippen MR) is 89.2 cm³/mol. The van der Waals surface area contributed by atoms with Gasteiger partial charge < -0.3 is 15.5 Å². The van der Waals surface area contributed by atoms with Crippen LogP contribution < -0.4 is 10.6 Å². The van der Waals surface area contributed by atoms with E-state index in [0.717, 1.165) is 35.8 Å². The van der Waals surface area contributed by atoms with Gasteiger partial charge in [-0.15, -0.1) is 0 Å². The number of nitrogens with one attached hydrogen (secondary N) is 2. The highest BCUT2D eigenvalue weighted by Gasteiger charge is 2.19. The van der Waals surface area contributed by atoms with Crippen LogP contribution in [0.1, 0.15) is 19.3 Å². The summed E-state index contributed by atoms with van der Waals surface area (Å²) in [5.41, 5.74) is 0.761. The van der Waals surface area contributed by atoms with Gasteiger partial charge in [-0.2, -0.15) is 0 Å². The van der Waals surface area contributed by atoms with E-state index in [9.17, 15) is 9.59 Å². The summed E-state index contributed by atoms with van der Waals surface area (Å²) >= 11 is 0. The zero-order valence-corrected chi connectivity index (χ0v) is 12.9. The summed E-state index contributed by atoms with van der Waals surface area (Å²) in [5.74, 6) is 0.221. The Morgan fingerprint density at radius 3 is 3.04 bits per heavy atom. The fourth-order valence-electron chi connectivity index (χ4n) is 2.81. The number of hydrogen-bond acceptors (Lipinski definition) is 3. The van der Waals surface area contributed by atoms with E-state index < -0.39 is 0 Å². The number of carbonyl (C=O) groups is 2. The molecule has 23 heavy (non-hydrogen) atoms. The topological polar surface area (TPSA) is 74.3 Å². The Morgan fingerprint density at radius 1 is 1.30 bits per heavy atom. The normalized spacial score (nSPS) is 14.3. The number of carbonyl (C=O) groups excluding carboxylic acids is 2. The van der Waals surface area contributed by atoms with Crippen LogP contribution in [0, 0.1) is 0 Å². The van der Waals surface area contributed by atoms with Crippen LogP contribution in [0.4, 0.5) is 10.5 Å². The smallest absolute Gasteiger partial charge is 0.319 e. The fraction of sp³-hybridized carbons (Fsp3) is 0.353. The van der Waals surface area contributed by atoms with Crippen molar-refractivity contribution >= 4 is 28.4 Å². The Morgan fingerprint density at radius 2 is 2.22 bits per heavy atom. The summed E-state index contributed by atoms with van der Waals surface area (Å²) < 4.78 is 0. The van der Waals surface area contributed by atoms with Gasteiger partial charge in [0.1, 0.15) is 0 Å². The zero-order valence-electron chi connectivity index (χ0n) is 12.9. The van der Waals surface area contributed by atoms with Gasteiger partial charge in [0.15, 0.2) is 0 Å². The number of aromatic nitrogens is 1. The van der Waals surface area contributed by atoms with Gasteiger partial charge >= 0.3 is 6.03 Å². The highest BCUT2D eigenvalue weighted by molar-refractivity contribution is 6.01. The molecule has 2 N–H and O–H groups in total. The van der Waals surface area contributed by atoms with Crippen molar-refractivity contribution in [3.05, 3.63) is 36.7 Å². The third kappa shape index (κ3) is 3.77. The molecular formula is C17H20N4O2.